The van der Waals surface area contributed by atoms with Gasteiger partial charge in [-0.05, 0) is 25.0 Å². The fourth-order valence-electron chi connectivity index (χ4n) is 3.91. The molecule has 3 aromatic rings. The lowest BCUT2D eigenvalue weighted by Gasteiger charge is -2.35. The minimum Gasteiger partial charge on any atom is -0.465 e. The number of morpholine rings is 1. The maximum Gasteiger partial charge on any atom is 0.404 e. The minimum atomic E-state index is -1.13. The van der Waals surface area contributed by atoms with Crippen LogP contribution < -0.4 is 20.9 Å². The number of aromatic nitrogens is 4. The number of ether oxygens (including phenoxy) is 1. The Morgan fingerprint density at radius 2 is 2.14 bits per heavy atom. The first kappa shape index (κ1) is 23.4. The van der Waals surface area contributed by atoms with Crippen molar-refractivity contribution in [2.75, 3.05) is 41.8 Å². The number of fused-ring (bicyclic) bond motifs is 1. The zero-order valence-electron chi connectivity index (χ0n) is 18.9. The van der Waals surface area contributed by atoms with E-state index in [2.05, 4.69) is 43.2 Å². The number of hydrogen-bond donors (Lipinski definition) is 4. The van der Waals surface area contributed by atoms with E-state index in [-0.39, 0.29) is 24.3 Å². The highest BCUT2D eigenvalue weighted by Gasteiger charge is 2.26. The maximum absolute atomic E-state index is 10.9. The predicted molar refractivity (Wildman–Crippen MR) is 130 cm³/mol. The summed E-state index contributed by atoms with van der Waals surface area (Å²) in [5.74, 6) is 0.667. The highest BCUT2D eigenvalue weighted by atomic mass is 35.5. The molecule has 2 aromatic heterocycles. The van der Waals surface area contributed by atoms with Crippen LogP contribution in [-0.2, 0) is 4.74 Å². The molecule has 36 heavy (non-hydrogen) atoms. The van der Waals surface area contributed by atoms with Crippen molar-refractivity contribution in [1.29, 1.82) is 10.5 Å². The van der Waals surface area contributed by atoms with Crippen LogP contribution in [0, 0.1) is 22.7 Å². The molecule has 4 N–H and O–H groups in total. The number of halogens is 1. The van der Waals surface area contributed by atoms with Gasteiger partial charge in [-0.2, -0.15) is 20.0 Å². The van der Waals surface area contributed by atoms with E-state index in [0.717, 1.165) is 12.8 Å². The summed E-state index contributed by atoms with van der Waals surface area (Å²) >= 11 is 6.78. The van der Waals surface area contributed by atoms with Crippen LogP contribution in [0.3, 0.4) is 0 Å². The molecule has 184 valence electrons. The van der Waals surface area contributed by atoms with Gasteiger partial charge in [0.1, 0.15) is 6.07 Å². The Hall–Kier alpha value is -4.33. The van der Waals surface area contributed by atoms with Gasteiger partial charge in [0.25, 0.3) is 0 Å². The lowest BCUT2D eigenvalue weighted by atomic mass is 10.1. The van der Waals surface area contributed by atoms with E-state index in [4.69, 9.17) is 21.4 Å². The van der Waals surface area contributed by atoms with Crippen molar-refractivity contribution in [2.45, 2.75) is 25.0 Å². The molecule has 2 fully saturated rings. The van der Waals surface area contributed by atoms with Crippen LogP contribution in [0.15, 0.2) is 18.3 Å². The van der Waals surface area contributed by atoms with E-state index in [9.17, 15) is 15.3 Å². The first-order chi connectivity index (χ1) is 17.4. The second-order valence-electron chi connectivity index (χ2n) is 8.41. The Bertz CT molecular complexity index is 1410. The average Bonchev–Trinajstić information content (AvgIpc) is 3.60. The van der Waals surface area contributed by atoms with Gasteiger partial charge in [-0.15, -0.1) is 5.10 Å². The van der Waals surface area contributed by atoms with Crippen molar-refractivity contribution in [1.82, 2.24) is 24.9 Å². The fourth-order valence-corrected chi connectivity index (χ4v) is 4.18. The van der Waals surface area contributed by atoms with Crippen molar-refractivity contribution >= 4 is 46.5 Å². The Morgan fingerprint density at radius 3 is 2.86 bits per heavy atom. The van der Waals surface area contributed by atoms with Crippen LogP contribution >= 0.6 is 11.6 Å². The third kappa shape index (κ3) is 4.88. The summed E-state index contributed by atoms with van der Waals surface area (Å²) in [6.07, 6.45) is 1.97. The zero-order chi connectivity index (χ0) is 25.2. The van der Waals surface area contributed by atoms with Gasteiger partial charge in [0.05, 0.1) is 46.9 Å². The quantitative estimate of drug-likeness (QED) is 0.368. The van der Waals surface area contributed by atoms with Gasteiger partial charge in [-0.25, -0.2) is 9.78 Å². The number of amides is 1. The Kier molecular flexibility index (Phi) is 6.33. The van der Waals surface area contributed by atoms with E-state index in [1.165, 1.54) is 10.7 Å². The van der Waals surface area contributed by atoms with Gasteiger partial charge in [0.15, 0.2) is 17.2 Å². The van der Waals surface area contributed by atoms with Gasteiger partial charge in [-0.3, -0.25) is 0 Å². The molecule has 0 radical (unpaired) electrons. The number of carbonyl (C=O) groups is 1. The van der Waals surface area contributed by atoms with Gasteiger partial charge in [0.2, 0.25) is 5.95 Å². The smallest absolute Gasteiger partial charge is 0.404 e. The predicted octanol–water partition coefficient (Wildman–Crippen LogP) is 2.31. The molecule has 1 saturated heterocycles. The number of nitriles is 2. The molecule has 1 saturated carbocycles. The first-order valence-electron chi connectivity index (χ1n) is 11.2. The van der Waals surface area contributed by atoms with Crippen molar-refractivity contribution in [3.8, 4) is 12.1 Å². The third-order valence-electron chi connectivity index (χ3n) is 5.78. The molecule has 1 aliphatic carbocycles. The van der Waals surface area contributed by atoms with Crippen molar-refractivity contribution in [3.05, 3.63) is 34.6 Å². The third-order valence-corrected chi connectivity index (χ3v) is 6.18. The Balaban J connectivity index is 1.47. The number of nitrogens with zero attached hydrogens (tertiary/aromatic N) is 7. The maximum atomic E-state index is 10.9. The molecular weight excluding hydrogens is 488 g/mol. The van der Waals surface area contributed by atoms with Gasteiger partial charge in [-0.1, -0.05) is 11.6 Å². The minimum absolute atomic E-state index is 0.128. The molecule has 0 spiro atoms. The average molecular weight is 509 g/mol. The van der Waals surface area contributed by atoms with Gasteiger partial charge < -0.3 is 30.7 Å². The highest BCUT2D eigenvalue weighted by Crippen LogP contribution is 2.37. The first-order valence-corrected chi connectivity index (χ1v) is 11.6. The second kappa shape index (κ2) is 9.73. The van der Waals surface area contributed by atoms with Crippen molar-refractivity contribution in [3.63, 3.8) is 0 Å². The number of benzene rings is 1. The van der Waals surface area contributed by atoms with Crippen LogP contribution in [0.4, 0.5) is 27.9 Å². The fraction of sp³-hybridized carbons (Fsp3) is 0.364. The standard InChI is InChI=1S/C22H21ClN10O3/c23-18-16(5-12(7-24)6-17(18)32-3-4-36-15(11-32)10-27-22(34)35)29-21-30-19(28-13-1-2-13)20-26-9-14(8-25)33(20)31-21/h5-6,9,13,15,27H,1-4,10-11H2,(H,34,35)(H2,28,29,30,31). The summed E-state index contributed by atoms with van der Waals surface area (Å²) in [4.78, 5) is 21.6. The number of anilines is 4. The monoisotopic (exact) mass is 508 g/mol. The number of rotatable bonds is 7. The van der Waals surface area contributed by atoms with E-state index in [1.807, 2.05) is 4.90 Å². The lowest BCUT2D eigenvalue weighted by molar-refractivity contribution is 0.0411. The molecule has 5 rings (SSSR count). The van der Waals surface area contributed by atoms with Crippen LogP contribution in [0.1, 0.15) is 24.1 Å². The molecule has 1 aliphatic heterocycles. The van der Waals surface area contributed by atoms with Crippen LogP contribution in [0.5, 0.6) is 0 Å². The topological polar surface area (TPSA) is 177 Å². The summed E-state index contributed by atoms with van der Waals surface area (Å²) in [6.45, 7) is 1.39. The largest absolute Gasteiger partial charge is 0.465 e. The lowest BCUT2D eigenvalue weighted by Crippen LogP contribution is -2.47. The van der Waals surface area contributed by atoms with Crippen molar-refractivity contribution in [2.24, 2.45) is 0 Å². The number of nitrogens with one attached hydrogen (secondary N) is 3. The second-order valence-corrected chi connectivity index (χ2v) is 8.79. The summed E-state index contributed by atoms with van der Waals surface area (Å²) in [6, 6.07) is 7.77. The van der Waals surface area contributed by atoms with Gasteiger partial charge in [0, 0.05) is 25.7 Å². The van der Waals surface area contributed by atoms with E-state index >= 15 is 0 Å². The van der Waals surface area contributed by atoms with E-state index in [0.29, 0.717) is 59.2 Å². The van der Waals surface area contributed by atoms with Crippen LogP contribution in [0.25, 0.3) is 5.65 Å². The van der Waals surface area contributed by atoms with Crippen molar-refractivity contribution < 1.29 is 14.6 Å². The SMILES string of the molecule is N#Cc1cc(Nc2nc(NC3CC3)c3ncc(C#N)n3n2)c(Cl)c(N2CCOC(CNC(=O)O)C2)c1. The molecule has 1 amide bonds. The molecule has 2 aliphatic rings. The molecule has 14 heteroatoms. The number of hydrogen-bond acceptors (Lipinski definition) is 10. The zero-order valence-corrected chi connectivity index (χ0v) is 19.7. The molecule has 1 aromatic carbocycles. The summed E-state index contributed by atoms with van der Waals surface area (Å²) in [5, 5.41) is 41.5. The molecular formula is C22H21ClN10O3. The van der Waals surface area contributed by atoms with E-state index < -0.39 is 6.09 Å². The number of imidazole rings is 1. The molecule has 1 atom stereocenters. The summed E-state index contributed by atoms with van der Waals surface area (Å²) in [7, 11) is 0. The summed E-state index contributed by atoms with van der Waals surface area (Å²) < 4.78 is 7.06. The van der Waals surface area contributed by atoms with E-state index in [1.54, 1.807) is 12.1 Å². The molecule has 1 unspecified atom stereocenters. The van der Waals surface area contributed by atoms with Crippen LogP contribution in [0.2, 0.25) is 5.02 Å². The molecule has 13 nitrogen and oxygen atoms in total. The van der Waals surface area contributed by atoms with Crippen LogP contribution in [-0.4, -0.2) is 69.2 Å². The Morgan fingerprint density at radius 1 is 1.31 bits per heavy atom. The van der Waals surface area contributed by atoms with Gasteiger partial charge >= 0.3 is 6.09 Å². The molecule has 3 heterocycles. The summed E-state index contributed by atoms with van der Waals surface area (Å²) in [5.41, 5.74) is 2.06. The number of carboxylic acid groups (broad SMARTS) is 1. The Labute approximate surface area is 210 Å². The molecule has 0 bridgehead atoms. The normalized spacial score (nSPS) is 17.3. The highest BCUT2D eigenvalue weighted by molar-refractivity contribution is 6.36.